The van der Waals surface area contributed by atoms with Crippen LogP contribution < -0.4 is 19.5 Å². The molecule has 3 aromatic rings. The van der Waals surface area contributed by atoms with Crippen molar-refractivity contribution >= 4 is 26.7 Å². The molecule has 1 aliphatic heterocycles. The largest absolute Gasteiger partial charge is 0.486 e. The number of fused-ring (bicyclic) bond motifs is 2. The number of benzene rings is 3. The molecule has 1 aliphatic rings. The second kappa shape index (κ2) is 9.18. The first-order chi connectivity index (χ1) is 15.3. The Morgan fingerprint density at radius 2 is 1.69 bits per heavy atom. The lowest BCUT2D eigenvalue weighted by molar-refractivity contribution is -0.124. The van der Waals surface area contributed by atoms with Crippen LogP contribution in [0.5, 0.6) is 11.5 Å². The molecule has 7 nitrogen and oxygen atoms in total. The van der Waals surface area contributed by atoms with Crippen LogP contribution in [0.2, 0.25) is 0 Å². The fraction of sp³-hybridized carbons (Fsp3) is 0.292. The van der Waals surface area contributed by atoms with E-state index in [2.05, 4.69) is 10.0 Å². The maximum absolute atomic E-state index is 13.0. The van der Waals surface area contributed by atoms with Gasteiger partial charge in [0.05, 0.1) is 11.4 Å². The summed E-state index contributed by atoms with van der Waals surface area (Å²) in [6.45, 7) is 4.09. The lowest BCUT2D eigenvalue weighted by Crippen LogP contribution is -2.52. The zero-order valence-corrected chi connectivity index (χ0v) is 18.8. The van der Waals surface area contributed by atoms with Gasteiger partial charge >= 0.3 is 0 Å². The molecule has 3 aromatic carbocycles. The highest BCUT2D eigenvalue weighted by Gasteiger charge is 2.29. The maximum atomic E-state index is 13.0. The number of hydrogen-bond acceptors (Lipinski definition) is 5. The standard InChI is InChI=1S/C24H26N2O5S/c1-16(2)23(24(27)25-14-19-15-30-21-9-5-6-10-22(21)31-19)26-32(28,29)20-12-11-17-7-3-4-8-18(17)13-20/h3-13,16,19,23,26H,14-15H2,1-2H3,(H,25,27). The molecule has 0 aromatic heterocycles. The quantitative estimate of drug-likeness (QED) is 0.572. The summed E-state index contributed by atoms with van der Waals surface area (Å²) in [5.41, 5.74) is 0. The van der Waals surface area contributed by atoms with Crippen molar-refractivity contribution in [2.24, 2.45) is 5.92 Å². The number of nitrogens with one attached hydrogen (secondary N) is 2. The number of sulfonamides is 1. The van der Waals surface area contributed by atoms with Gasteiger partial charge in [0.2, 0.25) is 15.9 Å². The zero-order valence-electron chi connectivity index (χ0n) is 17.9. The molecule has 0 radical (unpaired) electrons. The summed E-state index contributed by atoms with van der Waals surface area (Å²) in [7, 11) is -3.89. The number of para-hydroxylation sites is 2. The molecule has 0 saturated heterocycles. The first kappa shape index (κ1) is 22.1. The summed E-state index contributed by atoms with van der Waals surface area (Å²) in [6, 6.07) is 18.8. The van der Waals surface area contributed by atoms with E-state index in [9.17, 15) is 13.2 Å². The molecule has 1 amide bonds. The molecular weight excluding hydrogens is 428 g/mol. The van der Waals surface area contributed by atoms with Crippen molar-refractivity contribution in [3.8, 4) is 11.5 Å². The van der Waals surface area contributed by atoms with Gasteiger partial charge in [0.25, 0.3) is 0 Å². The van der Waals surface area contributed by atoms with Gasteiger partial charge < -0.3 is 14.8 Å². The molecule has 2 atom stereocenters. The molecule has 0 saturated carbocycles. The summed E-state index contributed by atoms with van der Waals surface area (Å²) in [6.07, 6.45) is -0.362. The van der Waals surface area contributed by atoms with Gasteiger partial charge in [0.1, 0.15) is 18.8 Å². The molecule has 2 unspecified atom stereocenters. The smallest absolute Gasteiger partial charge is 0.241 e. The van der Waals surface area contributed by atoms with Gasteiger partial charge in [-0.25, -0.2) is 8.42 Å². The molecule has 0 aliphatic carbocycles. The topological polar surface area (TPSA) is 93.7 Å². The summed E-state index contributed by atoms with van der Waals surface area (Å²) in [4.78, 5) is 13.0. The third kappa shape index (κ3) is 4.87. The average Bonchev–Trinajstić information content (AvgIpc) is 2.80. The molecule has 4 rings (SSSR count). The number of amides is 1. The first-order valence-corrected chi connectivity index (χ1v) is 12.0. The summed E-state index contributed by atoms with van der Waals surface area (Å²) in [5, 5.41) is 4.56. The van der Waals surface area contributed by atoms with Crippen LogP contribution in [-0.2, 0) is 14.8 Å². The van der Waals surface area contributed by atoms with E-state index in [0.29, 0.717) is 18.1 Å². The molecule has 168 valence electrons. The number of rotatable bonds is 7. The fourth-order valence-electron chi connectivity index (χ4n) is 3.55. The van der Waals surface area contributed by atoms with Gasteiger partial charge in [-0.3, -0.25) is 4.79 Å². The molecule has 0 spiro atoms. The summed E-state index contributed by atoms with van der Waals surface area (Å²) < 4.78 is 40.1. The van der Waals surface area contributed by atoms with E-state index in [-0.39, 0.29) is 23.5 Å². The van der Waals surface area contributed by atoms with E-state index in [1.807, 2.05) is 42.5 Å². The van der Waals surface area contributed by atoms with Crippen LogP contribution in [0.25, 0.3) is 10.8 Å². The Kier molecular flexibility index (Phi) is 6.34. The minimum absolute atomic E-state index is 0.121. The van der Waals surface area contributed by atoms with Gasteiger partial charge in [0.15, 0.2) is 11.5 Å². The highest BCUT2D eigenvalue weighted by atomic mass is 32.2. The molecule has 1 heterocycles. The number of carbonyl (C=O) groups is 1. The van der Waals surface area contributed by atoms with E-state index in [1.165, 1.54) is 0 Å². The second-order valence-electron chi connectivity index (χ2n) is 8.09. The van der Waals surface area contributed by atoms with Crippen molar-refractivity contribution in [2.75, 3.05) is 13.2 Å². The maximum Gasteiger partial charge on any atom is 0.241 e. The Balaban J connectivity index is 1.42. The van der Waals surface area contributed by atoms with Crippen LogP contribution >= 0.6 is 0 Å². The minimum atomic E-state index is -3.89. The van der Waals surface area contributed by atoms with Crippen LogP contribution in [0, 0.1) is 5.92 Å². The third-order valence-corrected chi connectivity index (χ3v) is 6.77. The van der Waals surface area contributed by atoms with E-state index >= 15 is 0 Å². The summed E-state index contributed by atoms with van der Waals surface area (Å²) >= 11 is 0. The van der Waals surface area contributed by atoms with Crippen LogP contribution in [0.3, 0.4) is 0 Å². The van der Waals surface area contributed by atoms with Gasteiger partial charge in [-0.05, 0) is 41.0 Å². The molecular formula is C24H26N2O5S. The number of ether oxygens (including phenoxy) is 2. The van der Waals surface area contributed by atoms with Gasteiger partial charge in [0, 0.05) is 0 Å². The molecule has 8 heteroatoms. The van der Waals surface area contributed by atoms with Gasteiger partial charge in [-0.1, -0.05) is 56.3 Å². The summed E-state index contributed by atoms with van der Waals surface area (Å²) in [5.74, 6) is 0.620. The van der Waals surface area contributed by atoms with Crippen molar-refractivity contribution in [3.63, 3.8) is 0 Å². The van der Waals surface area contributed by atoms with Crippen LogP contribution in [0.15, 0.2) is 71.6 Å². The normalized spacial score (nSPS) is 16.7. The Morgan fingerprint density at radius 1 is 1.00 bits per heavy atom. The highest BCUT2D eigenvalue weighted by molar-refractivity contribution is 7.89. The molecule has 0 fully saturated rings. The monoisotopic (exact) mass is 454 g/mol. The van der Waals surface area contributed by atoms with E-state index in [4.69, 9.17) is 9.47 Å². The van der Waals surface area contributed by atoms with Crippen molar-refractivity contribution < 1.29 is 22.7 Å². The average molecular weight is 455 g/mol. The SMILES string of the molecule is CC(C)C(NS(=O)(=O)c1ccc2ccccc2c1)C(=O)NCC1COc2ccccc2O1. The van der Waals surface area contributed by atoms with E-state index in [1.54, 1.807) is 38.1 Å². The predicted molar refractivity (Wildman–Crippen MR) is 122 cm³/mol. The van der Waals surface area contributed by atoms with Crippen molar-refractivity contribution in [2.45, 2.75) is 30.9 Å². The molecule has 32 heavy (non-hydrogen) atoms. The predicted octanol–water partition coefficient (Wildman–Crippen LogP) is 3.10. The minimum Gasteiger partial charge on any atom is -0.486 e. The number of hydrogen-bond donors (Lipinski definition) is 2. The Hall–Kier alpha value is -3.10. The lowest BCUT2D eigenvalue weighted by Gasteiger charge is -2.28. The third-order valence-electron chi connectivity index (χ3n) is 5.33. The Bertz CT molecular complexity index is 1230. The highest BCUT2D eigenvalue weighted by Crippen LogP contribution is 2.30. The van der Waals surface area contributed by atoms with Crippen molar-refractivity contribution in [1.29, 1.82) is 0 Å². The van der Waals surface area contributed by atoms with Crippen LogP contribution in [0.4, 0.5) is 0 Å². The second-order valence-corrected chi connectivity index (χ2v) is 9.81. The van der Waals surface area contributed by atoms with Gasteiger partial charge in [-0.2, -0.15) is 4.72 Å². The van der Waals surface area contributed by atoms with Crippen molar-refractivity contribution in [3.05, 3.63) is 66.7 Å². The first-order valence-electron chi connectivity index (χ1n) is 10.5. The van der Waals surface area contributed by atoms with Gasteiger partial charge in [-0.15, -0.1) is 0 Å². The van der Waals surface area contributed by atoms with E-state index in [0.717, 1.165) is 10.8 Å². The Morgan fingerprint density at radius 3 is 2.44 bits per heavy atom. The zero-order chi connectivity index (χ0) is 22.7. The lowest BCUT2D eigenvalue weighted by atomic mass is 10.1. The van der Waals surface area contributed by atoms with E-state index < -0.39 is 22.0 Å². The van der Waals surface area contributed by atoms with Crippen LogP contribution in [0.1, 0.15) is 13.8 Å². The van der Waals surface area contributed by atoms with Crippen molar-refractivity contribution in [1.82, 2.24) is 10.0 Å². The fourth-order valence-corrected chi connectivity index (χ4v) is 4.93. The number of carbonyl (C=O) groups excluding carboxylic acids is 1. The Labute approximate surface area is 187 Å². The van der Waals surface area contributed by atoms with Crippen LogP contribution in [-0.4, -0.2) is 39.6 Å². The molecule has 0 bridgehead atoms. The molecule has 2 N–H and O–H groups in total.